The molecule has 0 amide bonds. The van der Waals surface area contributed by atoms with Crippen LogP contribution in [0.3, 0.4) is 0 Å². The zero-order valence-electron chi connectivity index (χ0n) is 9.06. The van der Waals surface area contributed by atoms with Gasteiger partial charge in [0.25, 0.3) is 0 Å². The van der Waals surface area contributed by atoms with E-state index in [9.17, 15) is 0 Å². The topological polar surface area (TPSA) is 12.0 Å². The zero-order chi connectivity index (χ0) is 10.1. The molecule has 0 aromatic heterocycles. The highest BCUT2D eigenvalue weighted by Gasteiger charge is 1.95. The van der Waals surface area contributed by atoms with Gasteiger partial charge in [0.2, 0.25) is 0 Å². The van der Waals surface area contributed by atoms with E-state index in [0.717, 1.165) is 19.5 Å². The third-order valence-corrected chi connectivity index (χ3v) is 2.08. The summed E-state index contributed by atoms with van der Waals surface area (Å²) in [4.78, 5) is 0. The Bertz CT molecular complexity index is 199. The number of allylic oxidation sites excluding steroid dienone is 3. The molecule has 13 heavy (non-hydrogen) atoms. The molecule has 0 spiro atoms. The van der Waals surface area contributed by atoms with Gasteiger partial charge in [-0.1, -0.05) is 44.2 Å². The van der Waals surface area contributed by atoms with Gasteiger partial charge in [-0.25, -0.2) is 0 Å². The highest BCUT2D eigenvalue weighted by Crippen LogP contribution is 2.08. The summed E-state index contributed by atoms with van der Waals surface area (Å²) >= 11 is 0. The maximum absolute atomic E-state index is 3.67. The van der Waals surface area contributed by atoms with Crippen molar-refractivity contribution in [2.24, 2.45) is 0 Å². The lowest BCUT2D eigenvalue weighted by Gasteiger charge is -2.07. The fraction of sp³-hybridized carbons (Fsp3) is 0.500. The largest absolute Gasteiger partial charge is 0.313 e. The molecule has 0 heterocycles. The summed E-state index contributed by atoms with van der Waals surface area (Å²) in [6.45, 7) is 12.1. The van der Waals surface area contributed by atoms with Crippen LogP contribution in [0.4, 0.5) is 0 Å². The Morgan fingerprint density at radius 2 is 2.08 bits per heavy atom. The van der Waals surface area contributed by atoms with Gasteiger partial charge in [-0.05, 0) is 25.5 Å². The van der Waals surface area contributed by atoms with Crippen molar-refractivity contribution < 1.29 is 0 Å². The van der Waals surface area contributed by atoms with Gasteiger partial charge in [0.1, 0.15) is 0 Å². The summed E-state index contributed by atoms with van der Waals surface area (Å²) in [6.07, 6.45) is 7.05. The Balaban J connectivity index is 4.35. The van der Waals surface area contributed by atoms with Crippen LogP contribution in [0.5, 0.6) is 0 Å². The zero-order valence-corrected chi connectivity index (χ0v) is 9.06. The van der Waals surface area contributed by atoms with E-state index in [-0.39, 0.29) is 0 Å². The fourth-order valence-electron chi connectivity index (χ4n) is 1.02. The van der Waals surface area contributed by atoms with Crippen molar-refractivity contribution in [3.8, 4) is 0 Å². The Hall–Kier alpha value is -0.820. The summed E-state index contributed by atoms with van der Waals surface area (Å²) < 4.78 is 0. The second-order valence-electron chi connectivity index (χ2n) is 3.03. The second kappa shape index (κ2) is 7.81. The number of likely N-dealkylation sites (N-methyl/N-ethyl adjacent to an activating group) is 1. The smallest absolute Gasteiger partial charge is 0.0204 e. The highest BCUT2D eigenvalue weighted by atomic mass is 14.8. The minimum absolute atomic E-state index is 0.959. The van der Waals surface area contributed by atoms with Crippen LogP contribution >= 0.6 is 0 Å². The van der Waals surface area contributed by atoms with Gasteiger partial charge < -0.3 is 5.32 Å². The first-order chi connectivity index (χ1) is 6.26. The Kier molecular flexibility index (Phi) is 7.32. The first kappa shape index (κ1) is 12.2. The molecular weight excluding hydrogens is 158 g/mol. The minimum Gasteiger partial charge on any atom is -0.313 e. The second-order valence-corrected chi connectivity index (χ2v) is 3.03. The van der Waals surface area contributed by atoms with Gasteiger partial charge in [-0.2, -0.15) is 0 Å². The average molecular weight is 179 g/mol. The minimum atomic E-state index is 0.959. The molecule has 0 aromatic rings. The van der Waals surface area contributed by atoms with E-state index in [1.807, 2.05) is 12.2 Å². The standard InChI is InChI=1S/C12H21N/c1-5-8-9-12(10-13-7-3)11(4)6-2/h5,8-9,13H,1,6-7,10H2,2-4H3/b9-8-,12-11-. The van der Waals surface area contributed by atoms with E-state index in [2.05, 4.69) is 38.7 Å². The van der Waals surface area contributed by atoms with E-state index in [1.165, 1.54) is 11.1 Å². The molecule has 1 N–H and O–H groups in total. The van der Waals surface area contributed by atoms with Crippen LogP contribution in [-0.4, -0.2) is 13.1 Å². The molecule has 0 radical (unpaired) electrons. The maximum Gasteiger partial charge on any atom is 0.0204 e. The van der Waals surface area contributed by atoms with Crippen LogP contribution in [-0.2, 0) is 0 Å². The van der Waals surface area contributed by atoms with E-state index in [0.29, 0.717) is 0 Å². The maximum atomic E-state index is 3.67. The molecule has 0 aliphatic carbocycles. The first-order valence-electron chi connectivity index (χ1n) is 4.94. The highest BCUT2D eigenvalue weighted by molar-refractivity contribution is 5.27. The van der Waals surface area contributed by atoms with Crippen molar-refractivity contribution in [3.63, 3.8) is 0 Å². The number of hydrogen-bond acceptors (Lipinski definition) is 1. The Morgan fingerprint density at radius 1 is 1.38 bits per heavy atom. The van der Waals surface area contributed by atoms with Crippen LogP contribution in [0.25, 0.3) is 0 Å². The van der Waals surface area contributed by atoms with Gasteiger partial charge in [-0.3, -0.25) is 0 Å². The number of rotatable bonds is 6. The average Bonchev–Trinajstić information content (AvgIpc) is 2.17. The van der Waals surface area contributed by atoms with E-state index >= 15 is 0 Å². The molecular formula is C12H21N. The number of nitrogens with one attached hydrogen (secondary N) is 1. The lowest BCUT2D eigenvalue weighted by molar-refractivity contribution is 0.776. The number of hydrogen-bond donors (Lipinski definition) is 1. The molecule has 1 nitrogen and oxygen atoms in total. The van der Waals surface area contributed by atoms with Gasteiger partial charge >= 0.3 is 0 Å². The molecule has 1 heteroatoms. The summed E-state index contributed by atoms with van der Waals surface area (Å²) in [5.41, 5.74) is 2.82. The molecule has 0 bridgehead atoms. The van der Waals surface area contributed by atoms with Crippen molar-refractivity contribution in [2.75, 3.05) is 13.1 Å². The Morgan fingerprint density at radius 3 is 2.54 bits per heavy atom. The lowest BCUT2D eigenvalue weighted by Crippen LogP contribution is -2.16. The van der Waals surface area contributed by atoms with Crippen LogP contribution in [0.1, 0.15) is 27.2 Å². The Labute approximate surface area is 82.2 Å². The molecule has 0 rings (SSSR count). The summed E-state index contributed by atoms with van der Waals surface area (Å²) in [5, 5.41) is 3.33. The lowest BCUT2D eigenvalue weighted by atomic mass is 10.1. The van der Waals surface area contributed by atoms with E-state index in [4.69, 9.17) is 0 Å². The predicted octanol–water partition coefficient (Wildman–Crippen LogP) is 3.06. The predicted molar refractivity (Wildman–Crippen MR) is 60.9 cm³/mol. The molecule has 0 aliphatic heterocycles. The molecule has 0 aliphatic rings. The summed E-state index contributed by atoms with van der Waals surface area (Å²) in [5.74, 6) is 0. The van der Waals surface area contributed by atoms with Crippen molar-refractivity contribution >= 4 is 0 Å². The molecule has 0 saturated heterocycles. The molecule has 74 valence electrons. The van der Waals surface area contributed by atoms with Gasteiger partial charge in [0.05, 0.1) is 0 Å². The van der Waals surface area contributed by atoms with Crippen LogP contribution in [0.2, 0.25) is 0 Å². The third kappa shape index (κ3) is 5.42. The van der Waals surface area contributed by atoms with E-state index in [1.54, 1.807) is 0 Å². The molecule has 0 fully saturated rings. The molecule has 0 atom stereocenters. The van der Waals surface area contributed by atoms with Crippen LogP contribution < -0.4 is 5.32 Å². The normalized spacial score (nSPS) is 13.2. The van der Waals surface area contributed by atoms with Crippen LogP contribution in [0.15, 0.2) is 36.0 Å². The monoisotopic (exact) mass is 179 g/mol. The van der Waals surface area contributed by atoms with Crippen molar-refractivity contribution in [1.29, 1.82) is 0 Å². The van der Waals surface area contributed by atoms with Crippen molar-refractivity contribution in [3.05, 3.63) is 36.0 Å². The molecule has 0 aromatic carbocycles. The molecule has 0 unspecified atom stereocenters. The first-order valence-corrected chi connectivity index (χ1v) is 4.94. The SMILES string of the molecule is C=C/C=C\C(CNCC)=C(/C)CC. The summed E-state index contributed by atoms with van der Waals surface area (Å²) in [6, 6.07) is 0. The van der Waals surface area contributed by atoms with E-state index < -0.39 is 0 Å². The van der Waals surface area contributed by atoms with Gasteiger partial charge in [0.15, 0.2) is 0 Å². The fourth-order valence-corrected chi connectivity index (χ4v) is 1.02. The van der Waals surface area contributed by atoms with Crippen molar-refractivity contribution in [2.45, 2.75) is 27.2 Å². The summed E-state index contributed by atoms with van der Waals surface area (Å²) in [7, 11) is 0. The molecule has 0 saturated carbocycles. The quantitative estimate of drug-likeness (QED) is 0.618. The third-order valence-electron chi connectivity index (χ3n) is 2.08. The van der Waals surface area contributed by atoms with Crippen LogP contribution in [0, 0.1) is 0 Å². The van der Waals surface area contributed by atoms with Gasteiger partial charge in [-0.15, -0.1) is 0 Å². The van der Waals surface area contributed by atoms with Crippen molar-refractivity contribution in [1.82, 2.24) is 5.32 Å². The van der Waals surface area contributed by atoms with Gasteiger partial charge in [0, 0.05) is 6.54 Å².